The molecule has 0 radical (unpaired) electrons. The molecule has 7 heteroatoms. The topological polar surface area (TPSA) is 79.3 Å². The number of hydrogen-bond donors (Lipinski definition) is 1. The third-order valence-electron chi connectivity index (χ3n) is 5.78. The van der Waals surface area contributed by atoms with Crippen LogP contribution < -0.4 is 9.47 Å². The molecule has 1 aromatic carbocycles. The van der Waals surface area contributed by atoms with Crippen LogP contribution in [0.15, 0.2) is 18.2 Å². The van der Waals surface area contributed by atoms with Crippen molar-refractivity contribution in [3.8, 4) is 11.5 Å². The summed E-state index contributed by atoms with van der Waals surface area (Å²) in [4.78, 5) is 28.5. The third-order valence-corrected chi connectivity index (χ3v) is 5.78. The Morgan fingerprint density at radius 3 is 2.33 bits per heavy atom. The Kier molecular flexibility index (Phi) is 5.20. The quantitative estimate of drug-likeness (QED) is 0.867. The molecule has 3 aliphatic rings. The number of rotatable bonds is 4. The number of carboxylic acids is 1. The zero-order valence-corrected chi connectivity index (χ0v) is 15.4. The van der Waals surface area contributed by atoms with Crippen LogP contribution in [0.3, 0.4) is 0 Å². The Bertz CT molecular complexity index is 708. The van der Waals surface area contributed by atoms with Gasteiger partial charge in [-0.05, 0) is 43.4 Å². The Morgan fingerprint density at radius 1 is 1.00 bits per heavy atom. The van der Waals surface area contributed by atoms with Crippen molar-refractivity contribution in [1.82, 2.24) is 9.80 Å². The summed E-state index contributed by atoms with van der Waals surface area (Å²) in [7, 11) is 0. The lowest BCUT2D eigenvalue weighted by Gasteiger charge is -2.36. The number of carbonyl (C=O) groups excluding carboxylic acids is 1. The van der Waals surface area contributed by atoms with Crippen LogP contribution in [0.2, 0.25) is 0 Å². The van der Waals surface area contributed by atoms with E-state index in [4.69, 9.17) is 9.47 Å². The molecule has 1 unspecified atom stereocenters. The van der Waals surface area contributed by atoms with E-state index in [2.05, 4.69) is 0 Å². The van der Waals surface area contributed by atoms with Crippen LogP contribution in [0, 0.1) is 5.92 Å². The molecule has 1 aromatic rings. The van der Waals surface area contributed by atoms with E-state index in [-0.39, 0.29) is 11.8 Å². The van der Waals surface area contributed by atoms with E-state index >= 15 is 0 Å². The molecule has 0 bridgehead atoms. The number of hydrogen-bond acceptors (Lipinski definition) is 5. The summed E-state index contributed by atoms with van der Waals surface area (Å²) in [5.74, 6) is 0.650. The molecular weight excluding hydrogens is 348 g/mol. The van der Waals surface area contributed by atoms with E-state index in [1.165, 1.54) is 0 Å². The molecule has 0 aromatic heterocycles. The number of likely N-dealkylation sites (tertiary alicyclic amines) is 2. The molecule has 4 rings (SSSR count). The summed E-state index contributed by atoms with van der Waals surface area (Å²) in [5, 5.41) is 9.84. The van der Waals surface area contributed by atoms with Crippen LogP contribution >= 0.6 is 0 Å². The summed E-state index contributed by atoms with van der Waals surface area (Å²) < 4.78 is 11.1. The standard InChI is InChI=1S/C20H26N2O5/c23-19(22-7-1-2-8-22)14-5-9-21(10-6-14)18(20(24)25)15-3-4-16-17(13-15)27-12-11-26-16/h3-4,13-14,18H,1-2,5-12H2,(H,24,25). The van der Waals surface area contributed by atoms with Crippen molar-refractivity contribution in [3.05, 3.63) is 23.8 Å². The predicted octanol–water partition coefficient (Wildman–Crippen LogP) is 1.92. The summed E-state index contributed by atoms with van der Waals surface area (Å²) in [6.07, 6.45) is 3.61. The van der Waals surface area contributed by atoms with Crippen LogP contribution in [0.4, 0.5) is 0 Å². The largest absolute Gasteiger partial charge is 0.486 e. The predicted molar refractivity (Wildman–Crippen MR) is 97.9 cm³/mol. The normalized spacial score (nSPS) is 21.9. The average Bonchev–Trinajstić information content (AvgIpc) is 3.22. The van der Waals surface area contributed by atoms with E-state index in [9.17, 15) is 14.7 Å². The molecule has 2 saturated heterocycles. The third kappa shape index (κ3) is 3.74. The van der Waals surface area contributed by atoms with Gasteiger partial charge in [0, 0.05) is 32.1 Å². The molecule has 1 N–H and O–H groups in total. The van der Waals surface area contributed by atoms with Gasteiger partial charge in [-0.3, -0.25) is 14.5 Å². The molecule has 1 atom stereocenters. The fourth-order valence-corrected chi connectivity index (χ4v) is 4.34. The van der Waals surface area contributed by atoms with Gasteiger partial charge in [0.25, 0.3) is 0 Å². The fourth-order valence-electron chi connectivity index (χ4n) is 4.34. The average molecular weight is 374 g/mol. The van der Waals surface area contributed by atoms with Crippen molar-refractivity contribution in [2.24, 2.45) is 5.92 Å². The van der Waals surface area contributed by atoms with Crippen LogP contribution in [0.5, 0.6) is 11.5 Å². The lowest BCUT2D eigenvalue weighted by molar-refractivity contribution is -0.144. The number of aliphatic carboxylic acids is 1. The number of nitrogens with zero attached hydrogens (tertiary/aromatic N) is 2. The first-order valence-corrected chi connectivity index (χ1v) is 9.78. The summed E-state index contributed by atoms with van der Waals surface area (Å²) in [6.45, 7) is 3.93. The number of ether oxygens (including phenoxy) is 2. The first-order valence-electron chi connectivity index (χ1n) is 9.78. The van der Waals surface area contributed by atoms with Gasteiger partial charge < -0.3 is 19.5 Å². The van der Waals surface area contributed by atoms with Gasteiger partial charge in [0.15, 0.2) is 11.5 Å². The van der Waals surface area contributed by atoms with Gasteiger partial charge in [-0.25, -0.2) is 0 Å². The van der Waals surface area contributed by atoms with E-state index in [0.717, 1.165) is 25.9 Å². The van der Waals surface area contributed by atoms with Crippen molar-refractivity contribution < 1.29 is 24.2 Å². The zero-order chi connectivity index (χ0) is 18.8. The number of fused-ring (bicyclic) bond motifs is 1. The number of benzene rings is 1. The lowest BCUT2D eigenvalue weighted by Crippen LogP contribution is -2.44. The minimum atomic E-state index is -0.879. The van der Waals surface area contributed by atoms with Crippen molar-refractivity contribution >= 4 is 11.9 Å². The second-order valence-electron chi connectivity index (χ2n) is 7.49. The smallest absolute Gasteiger partial charge is 0.325 e. The van der Waals surface area contributed by atoms with Crippen molar-refractivity contribution in [3.63, 3.8) is 0 Å². The SMILES string of the molecule is O=C(O)C(c1ccc2c(c1)OCCO2)N1CCC(C(=O)N2CCCC2)CC1. The van der Waals surface area contributed by atoms with Gasteiger partial charge in [-0.2, -0.15) is 0 Å². The molecule has 1 amide bonds. The molecule has 0 aliphatic carbocycles. The van der Waals surface area contributed by atoms with E-state index in [1.54, 1.807) is 18.2 Å². The van der Waals surface area contributed by atoms with Crippen molar-refractivity contribution in [1.29, 1.82) is 0 Å². The molecule has 3 aliphatic heterocycles. The lowest BCUT2D eigenvalue weighted by atomic mass is 9.93. The number of carbonyl (C=O) groups is 2. The second-order valence-corrected chi connectivity index (χ2v) is 7.49. The number of carboxylic acid groups (broad SMARTS) is 1. The molecule has 0 spiro atoms. The van der Waals surface area contributed by atoms with Gasteiger partial charge >= 0.3 is 5.97 Å². The number of piperidine rings is 1. The van der Waals surface area contributed by atoms with Crippen molar-refractivity contribution in [2.75, 3.05) is 39.4 Å². The van der Waals surface area contributed by atoms with Crippen LogP contribution in [-0.4, -0.2) is 66.2 Å². The van der Waals surface area contributed by atoms with Crippen LogP contribution in [0.1, 0.15) is 37.3 Å². The molecule has 0 saturated carbocycles. The van der Waals surface area contributed by atoms with Gasteiger partial charge in [0.2, 0.25) is 5.91 Å². The molecule has 7 nitrogen and oxygen atoms in total. The highest BCUT2D eigenvalue weighted by molar-refractivity contribution is 5.79. The fraction of sp³-hybridized carbons (Fsp3) is 0.600. The van der Waals surface area contributed by atoms with Crippen LogP contribution in [0.25, 0.3) is 0 Å². The molecule has 2 fully saturated rings. The summed E-state index contributed by atoms with van der Waals surface area (Å²) in [5.41, 5.74) is 0.691. The van der Waals surface area contributed by atoms with Crippen LogP contribution in [-0.2, 0) is 9.59 Å². The van der Waals surface area contributed by atoms with Gasteiger partial charge in [0.1, 0.15) is 19.3 Å². The highest BCUT2D eigenvalue weighted by Crippen LogP contribution is 2.35. The first-order chi connectivity index (χ1) is 13.1. The summed E-state index contributed by atoms with van der Waals surface area (Å²) >= 11 is 0. The van der Waals surface area contributed by atoms with Gasteiger partial charge in [0.05, 0.1) is 0 Å². The van der Waals surface area contributed by atoms with E-state index in [0.29, 0.717) is 56.2 Å². The van der Waals surface area contributed by atoms with Crippen molar-refractivity contribution in [2.45, 2.75) is 31.7 Å². The second kappa shape index (κ2) is 7.76. The van der Waals surface area contributed by atoms with Gasteiger partial charge in [-0.15, -0.1) is 0 Å². The Labute approximate surface area is 158 Å². The minimum absolute atomic E-state index is 0.0223. The monoisotopic (exact) mass is 374 g/mol. The number of amides is 1. The molecule has 146 valence electrons. The molecule has 3 heterocycles. The molecular formula is C20H26N2O5. The first kappa shape index (κ1) is 18.1. The maximum atomic E-state index is 12.6. The Balaban J connectivity index is 1.44. The maximum Gasteiger partial charge on any atom is 0.325 e. The maximum absolute atomic E-state index is 12.6. The highest BCUT2D eigenvalue weighted by atomic mass is 16.6. The summed E-state index contributed by atoms with van der Waals surface area (Å²) in [6, 6.07) is 4.62. The Hall–Kier alpha value is -2.28. The minimum Gasteiger partial charge on any atom is -0.486 e. The highest BCUT2D eigenvalue weighted by Gasteiger charge is 2.35. The molecule has 27 heavy (non-hydrogen) atoms. The zero-order valence-electron chi connectivity index (χ0n) is 15.4. The van der Waals surface area contributed by atoms with Gasteiger partial charge in [-0.1, -0.05) is 6.07 Å². The Morgan fingerprint density at radius 2 is 1.67 bits per heavy atom. The van der Waals surface area contributed by atoms with E-state index in [1.807, 2.05) is 9.80 Å². The van der Waals surface area contributed by atoms with E-state index < -0.39 is 12.0 Å².